The Labute approximate surface area is 105 Å². The van der Waals surface area contributed by atoms with E-state index in [0.717, 1.165) is 12.1 Å². The van der Waals surface area contributed by atoms with Crippen LogP contribution in [0.5, 0.6) is 0 Å². The predicted octanol–water partition coefficient (Wildman–Crippen LogP) is 2.65. The topological polar surface area (TPSA) is 36.4 Å². The maximum Gasteiger partial charge on any atom is 0.120 e. The molecule has 1 aliphatic rings. The molecule has 1 fully saturated rings. The summed E-state index contributed by atoms with van der Waals surface area (Å²) in [4.78, 5) is 2.34. The smallest absolute Gasteiger partial charge is 0.120 e. The summed E-state index contributed by atoms with van der Waals surface area (Å²) in [5.74, 6) is 0. The third-order valence-electron chi connectivity index (χ3n) is 3.48. The van der Waals surface area contributed by atoms with E-state index in [-0.39, 0.29) is 6.61 Å². The quantitative estimate of drug-likeness (QED) is 0.903. The van der Waals surface area contributed by atoms with Gasteiger partial charge in [-0.15, -0.1) is 0 Å². The molecule has 17 heavy (non-hydrogen) atoms. The minimum absolute atomic E-state index is 0.211. The van der Waals surface area contributed by atoms with E-state index in [1.54, 1.807) is 11.5 Å². The number of nitrogens with zero attached hydrogens (tertiary/aromatic N) is 2. The molecule has 1 saturated carbocycles. The van der Waals surface area contributed by atoms with Gasteiger partial charge in [0.05, 0.1) is 12.1 Å². The standard InChI is InChI=1S/C13H16N2OS/c16-9-8-15(10-4-3-5-10)13-11-6-1-2-7-12(11)14-17-13/h1-2,6-7,10,16H,3-5,8-9H2. The zero-order valence-corrected chi connectivity index (χ0v) is 10.5. The first kappa shape index (κ1) is 11.0. The summed E-state index contributed by atoms with van der Waals surface area (Å²) in [6.45, 7) is 0.930. The highest BCUT2D eigenvalue weighted by molar-refractivity contribution is 7.11. The molecule has 0 spiro atoms. The molecular formula is C13H16N2OS. The van der Waals surface area contributed by atoms with Crippen molar-refractivity contribution >= 4 is 27.4 Å². The molecule has 1 aromatic carbocycles. The maximum absolute atomic E-state index is 9.22. The second kappa shape index (κ2) is 4.63. The Bertz CT molecular complexity index is 507. The van der Waals surface area contributed by atoms with Crippen molar-refractivity contribution in [1.82, 2.24) is 4.37 Å². The lowest BCUT2D eigenvalue weighted by molar-refractivity contribution is 0.284. The summed E-state index contributed by atoms with van der Waals surface area (Å²) in [7, 11) is 0. The fraction of sp³-hybridized carbons (Fsp3) is 0.462. The lowest BCUT2D eigenvalue weighted by atomic mass is 9.91. The highest BCUT2D eigenvalue weighted by Gasteiger charge is 2.27. The molecule has 0 aliphatic heterocycles. The Kier molecular flexibility index (Phi) is 2.99. The highest BCUT2D eigenvalue weighted by atomic mass is 32.1. The van der Waals surface area contributed by atoms with Gasteiger partial charge < -0.3 is 10.0 Å². The molecule has 1 aliphatic carbocycles. The van der Waals surface area contributed by atoms with Crippen LogP contribution >= 0.6 is 11.5 Å². The molecule has 1 aromatic heterocycles. The number of rotatable bonds is 4. The van der Waals surface area contributed by atoms with Crippen molar-refractivity contribution in [3.8, 4) is 0 Å². The van der Waals surface area contributed by atoms with Gasteiger partial charge in [0.2, 0.25) is 0 Å². The van der Waals surface area contributed by atoms with Gasteiger partial charge in [0, 0.05) is 18.0 Å². The predicted molar refractivity (Wildman–Crippen MR) is 71.7 cm³/mol. The summed E-state index contributed by atoms with van der Waals surface area (Å²) in [5, 5.41) is 11.7. The zero-order chi connectivity index (χ0) is 11.7. The number of aromatic nitrogens is 1. The van der Waals surface area contributed by atoms with Crippen LogP contribution in [0.4, 0.5) is 5.00 Å². The molecule has 3 rings (SSSR count). The van der Waals surface area contributed by atoms with Gasteiger partial charge in [0.15, 0.2) is 0 Å². The fourth-order valence-corrected chi connectivity index (χ4v) is 3.30. The average molecular weight is 248 g/mol. The van der Waals surface area contributed by atoms with Gasteiger partial charge in [0.1, 0.15) is 5.00 Å². The van der Waals surface area contributed by atoms with Crippen LogP contribution in [0.3, 0.4) is 0 Å². The fourth-order valence-electron chi connectivity index (χ4n) is 2.34. The van der Waals surface area contributed by atoms with Crippen molar-refractivity contribution in [2.45, 2.75) is 25.3 Å². The Morgan fingerprint density at radius 2 is 2.18 bits per heavy atom. The van der Waals surface area contributed by atoms with E-state index in [0.29, 0.717) is 6.04 Å². The molecule has 0 saturated heterocycles. The van der Waals surface area contributed by atoms with Crippen LogP contribution < -0.4 is 4.90 Å². The SMILES string of the molecule is OCCN(c1snc2ccccc12)C1CCC1. The van der Waals surface area contributed by atoms with E-state index in [9.17, 15) is 5.11 Å². The Hall–Kier alpha value is -1.13. The molecule has 2 aromatic rings. The summed E-state index contributed by atoms with van der Waals surface area (Å²) in [5.41, 5.74) is 1.06. The van der Waals surface area contributed by atoms with E-state index in [1.807, 2.05) is 12.1 Å². The number of hydrogen-bond acceptors (Lipinski definition) is 4. The van der Waals surface area contributed by atoms with Gasteiger partial charge in [-0.25, -0.2) is 0 Å². The van der Waals surface area contributed by atoms with Crippen LogP contribution in [0.1, 0.15) is 19.3 Å². The van der Waals surface area contributed by atoms with Crippen molar-refractivity contribution in [3.05, 3.63) is 24.3 Å². The minimum atomic E-state index is 0.211. The number of hydrogen-bond donors (Lipinski definition) is 1. The van der Waals surface area contributed by atoms with Crippen LogP contribution in [0, 0.1) is 0 Å². The van der Waals surface area contributed by atoms with Gasteiger partial charge in [0.25, 0.3) is 0 Å². The lowest BCUT2D eigenvalue weighted by Crippen LogP contribution is -2.41. The first-order valence-electron chi connectivity index (χ1n) is 6.12. The highest BCUT2D eigenvalue weighted by Crippen LogP contribution is 2.36. The van der Waals surface area contributed by atoms with E-state index in [1.165, 1.54) is 29.6 Å². The largest absolute Gasteiger partial charge is 0.395 e. The Morgan fingerprint density at radius 3 is 2.88 bits per heavy atom. The van der Waals surface area contributed by atoms with Gasteiger partial charge in [-0.3, -0.25) is 0 Å². The van der Waals surface area contributed by atoms with Crippen LogP contribution in [0.15, 0.2) is 24.3 Å². The second-order valence-electron chi connectivity index (χ2n) is 4.51. The third kappa shape index (κ3) is 1.91. The summed E-state index contributed by atoms with van der Waals surface area (Å²) in [6.07, 6.45) is 3.79. The molecule has 0 radical (unpaired) electrons. The second-order valence-corrected chi connectivity index (χ2v) is 5.26. The van der Waals surface area contributed by atoms with Gasteiger partial charge in [-0.1, -0.05) is 12.1 Å². The number of anilines is 1. The molecule has 1 heterocycles. The van der Waals surface area contributed by atoms with Crippen LogP contribution in [0.25, 0.3) is 10.9 Å². The maximum atomic E-state index is 9.22. The van der Waals surface area contributed by atoms with Crippen molar-refractivity contribution in [1.29, 1.82) is 0 Å². The van der Waals surface area contributed by atoms with Crippen molar-refractivity contribution in [2.75, 3.05) is 18.1 Å². The van der Waals surface area contributed by atoms with E-state index in [2.05, 4.69) is 21.4 Å². The monoisotopic (exact) mass is 248 g/mol. The van der Waals surface area contributed by atoms with Crippen molar-refractivity contribution in [3.63, 3.8) is 0 Å². The molecule has 1 N–H and O–H groups in total. The van der Waals surface area contributed by atoms with Gasteiger partial charge in [-0.05, 0) is 42.9 Å². The third-order valence-corrected chi connectivity index (χ3v) is 4.40. The van der Waals surface area contributed by atoms with E-state index < -0.39 is 0 Å². The summed E-state index contributed by atoms with van der Waals surface area (Å²) >= 11 is 1.55. The van der Waals surface area contributed by atoms with E-state index in [4.69, 9.17) is 0 Å². The normalized spacial score (nSPS) is 16.1. The van der Waals surface area contributed by atoms with Gasteiger partial charge in [-0.2, -0.15) is 4.37 Å². The molecule has 0 atom stereocenters. The molecule has 0 unspecified atom stereocenters. The molecule has 3 nitrogen and oxygen atoms in total. The lowest BCUT2D eigenvalue weighted by Gasteiger charge is -2.37. The van der Waals surface area contributed by atoms with Crippen LogP contribution in [-0.2, 0) is 0 Å². The molecule has 4 heteroatoms. The summed E-state index contributed by atoms with van der Waals surface area (Å²) < 4.78 is 4.48. The first-order valence-corrected chi connectivity index (χ1v) is 6.89. The number of aliphatic hydroxyl groups excluding tert-OH is 1. The van der Waals surface area contributed by atoms with E-state index >= 15 is 0 Å². The summed E-state index contributed by atoms with van der Waals surface area (Å²) in [6, 6.07) is 8.85. The van der Waals surface area contributed by atoms with Crippen LogP contribution in [0.2, 0.25) is 0 Å². The zero-order valence-electron chi connectivity index (χ0n) is 9.67. The minimum Gasteiger partial charge on any atom is -0.395 e. The molecule has 90 valence electrons. The first-order chi connectivity index (χ1) is 8.40. The Balaban J connectivity index is 1.99. The molecule has 0 bridgehead atoms. The Morgan fingerprint density at radius 1 is 1.35 bits per heavy atom. The number of aliphatic hydroxyl groups is 1. The van der Waals surface area contributed by atoms with Crippen molar-refractivity contribution in [2.24, 2.45) is 0 Å². The number of benzene rings is 1. The van der Waals surface area contributed by atoms with Gasteiger partial charge >= 0.3 is 0 Å². The van der Waals surface area contributed by atoms with Crippen LogP contribution in [-0.4, -0.2) is 28.7 Å². The number of fused-ring (bicyclic) bond motifs is 1. The van der Waals surface area contributed by atoms with Crippen molar-refractivity contribution < 1.29 is 5.11 Å². The molecular weight excluding hydrogens is 232 g/mol. The average Bonchev–Trinajstić information content (AvgIpc) is 2.69. The molecule has 0 amide bonds.